The van der Waals surface area contributed by atoms with Crippen molar-refractivity contribution < 1.29 is 4.79 Å². The second-order valence-electron chi connectivity index (χ2n) is 5.56. The van der Waals surface area contributed by atoms with Gasteiger partial charge in [-0.25, -0.2) is 4.98 Å². The van der Waals surface area contributed by atoms with Crippen LogP contribution in [0.15, 0.2) is 65.3 Å². The van der Waals surface area contributed by atoms with E-state index in [1.54, 1.807) is 0 Å². The molecule has 4 aromatic rings. The SMILES string of the molecule is C[C@H](Sc1nnc2ccccn12)C(=O)Nc1nc(-c2ccccc2)cs1. The Labute approximate surface area is 158 Å². The number of thiazole rings is 1. The van der Waals surface area contributed by atoms with Gasteiger partial charge in [0.2, 0.25) is 5.91 Å². The van der Waals surface area contributed by atoms with E-state index in [-0.39, 0.29) is 11.2 Å². The highest BCUT2D eigenvalue weighted by Gasteiger charge is 2.19. The third kappa shape index (κ3) is 3.47. The Morgan fingerprint density at radius 3 is 2.81 bits per heavy atom. The Morgan fingerprint density at radius 2 is 1.96 bits per heavy atom. The maximum absolute atomic E-state index is 12.5. The van der Waals surface area contributed by atoms with E-state index in [0.29, 0.717) is 10.3 Å². The van der Waals surface area contributed by atoms with E-state index in [0.717, 1.165) is 16.9 Å². The van der Waals surface area contributed by atoms with Gasteiger partial charge >= 0.3 is 0 Å². The zero-order chi connectivity index (χ0) is 17.9. The summed E-state index contributed by atoms with van der Waals surface area (Å²) in [5.41, 5.74) is 2.64. The van der Waals surface area contributed by atoms with E-state index in [2.05, 4.69) is 20.5 Å². The number of nitrogens with zero attached hydrogens (tertiary/aromatic N) is 4. The van der Waals surface area contributed by atoms with Crippen molar-refractivity contribution in [3.05, 3.63) is 60.1 Å². The minimum atomic E-state index is -0.327. The predicted octanol–water partition coefficient (Wildman–Crippen LogP) is 3.97. The van der Waals surface area contributed by atoms with Gasteiger partial charge in [0.15, 0.2) is 15.9 Å². The van der Waals surface area contributed by atoms with Crippen LogP contribution in [0.2, 0.25) is 0 Å². The molecule has 0 saturated carbocycles. The molecule has 1 atom stereocenters. The van der Waals surface area contributed by atoms with Crippen molar-refractivity contribution >= 4 is 39.8 Å². The average molecular weight is 381 g/mol. The van der Waals surface area contributed by atoms with Gasteiger partial charge in [-0.15, -0.1) is 21.5 Å². The number of carbonyl (C=O) groups is 1. The van der Waals surface area contributed by atoms with Crippen LogP contribution in [0.1, 0.15) is 6.92 Å². The van der Waals surface area contributed by atoms with Crippen molar-refractivity contribution in [2.45, 2.75) is 17.3 Å². The van der Waals surface area contributed by atoms with E-state index in [1.807, 2.05) is 71.4 Å². The molecule has 4 rings (SSSR count). The van der Waals surface area contributed by atoms with Gasteiger partial charge in [-0.3, -0.25) is 9.20 Å². The summed E-state index contributed by atoms with van der Waals surface area (Å²) >= 11 is 2.78. The van der Waals surface area contributed by atoms with Gasteiger partial charge in [0.05, 0.1) is 10.9 Å². The van der Waals surface area contributed by atoms with Crippen molar-refractivity contribution in [1.29, 1.82) is 0 Å². The second kappa shape index (κ2) is 7.27. The summed E-state index contributed by atoms with van der Waals surface area (Å²) in [6, 6.07) is 15.6. The van der Waals surface area contributed by atoms with E-state index < -0.39 is 0 Å². The lowest BCUT2D eigenvalue weighted by atomic mass is 10.2. The zero-order valence-electron chi connectivity index (χ0n) is 13.9. The molecule has 0 unspecified atom stereocenters. The van der Waals surface area contributed by atoms with Crippen LogP contribution in [0.25, 0.3) is 16.9 Å². The summed E-state index contributed by atoms with van der Waals surface area (Å²) < 4.78 is 1.87. The first-order valence-corrected chi connectivity index (χ1v) is 9.75. The standard InChI is InChI=1S/C18H15N5OS2/c1-12(26-18-22-21-15-9-5-6-10-23(15)18)16(24)20-17-19-14(11-25-17)13-7-3-2-4-8-13/h2-12H,1H3,(H,19,20,24)/t12-/m0/s1. The van der Waals surface area contributed by atoms with Gasteiger partial charge in [-0.05, 0) is 19.1 Å². The summed E-state index contributed by atoms with van der Waals surface area (Å²) in [6.45, 7) is 1.84. The largest absolute Gasteiger partial charge is 0.301 e. The fourth-order valence-corrected chi connectivity index (χ4v) is 3.95. The molecule has 26 heavy (non-hydrogen) atoms. The van der Waals surface area contributed by atoms with Crippen molar-refractivity contribution in [3.63, 3.8) is 0 Å². The van der Waals surface area contributed by atoms with Crippen LogP contribution in [0.5, 0.6) is 0 Å². The number of aromatic nitrogens is 4. The van der Waals surface area contributed by atoms with E-state index in [9.17, 15) is 4.79 Å². The summed E-state index contributed by atoms with van der Waals surface area (Å²) in [4.78, 5) is 17.0. The second-order valence-corrected chi connectivity index (χ2v) is 7.73. The highest BCUT2D eigenvalue weighted by Crippen LogP contribution is 2.26. The summed E-state index contributed by atoms with van der Waals surface area (Å²) in [5.74, 6) is -0.114. The smallest absolute Gasteiger partial charge is 0.239 e. The molecule has 130 valence electrons. The van der Waals surface area contributed by atoms with Crippen LogP contribution in [0.4, 0.5) is 5.13 Å². The van der Waals surface area contributed by atoms with Crippen LogP contribution in [0, 0.1) is 0 Å². The Morgan fingerprint density at radius 1 is 1.15 bits per heavy atom. The molecule has 0 spiro atoms. The minimum absolute atomic E-state index is 0.114. The lowest BCUT2D eigenvalue weighted by molar-refractivity contribution is -0.115. The van der Waals surface area contributed by atoms with Crippen LogP contribution in [0.3, 0.4) is 0 Å². The normalized spacial score (nSPS) is 12.2. The van der Waals surface area contributed by atoms with Gasteiger partial charge in [0.25, 0.3) is 0 Å². The number of amides is 1. The van der Waals surface area contributed by atoms with Crippen LogP contribution >= 0.6 is 23.1 Å². The average Bonchev–Trinajstić information content (AvgIpc) is 3.30. The number of carbonyl (C=O) groups excluding carboxylic acids is 1. The molecule has 1 N–H and O–H groups in total. The number of hydrogen-bond donors (Lipinski definition) is 1. The van der Waals surface area contributed by atoms with Crippen LogP contribution < -0.4 is 5.32 Å². The zero-order valence-corrected chi connectivity index (χ0v) is 15.5. The van der Waals surface area contributed by atoms with Gasteiger partial charge in [0, 0.05) is 17.1 Å². The quantitative estimate of drug-likeness (QED) is 0.530. The summed E-state index contributed by atoms with van der Waals surface area (Å²) in [7, 11) is 0. The topological polar surface area (TPSA) is 72.2 Å². The first-order valence-electron chi connectivity index (χ1n) is 7.99. The Hall–Kier alpha value is -2.71. The fourth-order valence-electron chi connectivity index (χ4n) is 2.39. The first kappa shape index (κ1) is 16.7. The number of benzene rings is 1. The molecular weight excluding hydrogens is 366 g/mol. The Kier molecular flexibility index (Phi) is 4.68. The third-order valence-corrected chi connectivity index (χ3v) is 5.55. The van der Waals surface area contributed by atoms with Gasteiger partial charge in [-0.2, -0.15) is 0 Å². The van der Waals surface area contributed by atoms with Crippen LogP contribution in [-0.2, 0) is 4.79 Å². The number of thioether (sulfide) groups is 1. The molecule has 3 heterocycles. The number of anilines is 1. The Bertz CT molecular complexity index is 1040. The maximum Gasteiger partial charge on any atom is 0.239 e. The molecule has 3 aromatic heterocycles. The van der Waals surface area contributed by atoms with Crippen LogP contribution in [-0.4, -0.2) is 30.7 Å². The summed E-state index contributed by atoms with van der Waals surface area (Å²) in [6.07, 6.45) is 1.88. The Balaban J connectivity index is 1.44. The first-order chi connectivity index (χ1) is 12.7. The van der Waals surface area contributed by atoms with Gasteiger partial charge in [0.1, 0.15) is 0 Å². The molecular formula is C18H15N5OS2. The molecule has 0 aliphatic heterocycles. The molecule has 0 saturated heterocycles. The molecule has 1 amide bonds. The van der Waals surface area contributed by atoms with Crippen molar-refractivity contribution in [1.82, 2.24) is 19.6 Å². The molecule has 0 radical (unpaired) electrons. The summed E-state index contributed by atoms with van der Waals surface area (Å²) in [5, 5.41) is 14.0. The molecule has 0 bridgehead atoms. The third-order valence-electron chi connectivity index (χ3n) is 3.74. The molecule has 0 aliphatic rings. The minimum Gasteiger partial charge on any atom is -0.301 e. The lowest BCUT2D eigenvalue weighted by Gasteiger charge is -2.09. The monoisotopic (exact) mass is 381 g/mol. The fraction of sp³-hybridized carbons (Fsp3) is 0.111. The van der Waals surface area contributed by atoms with Gasteiger partial charge in [-0.1, -0.05) is 48.2 Å². The highest BCUT2D eigenvalue weighted by molar-refractivity contribution is 8.00. The predicted molar refractivity (Wildman–Crippen MR) is 104 cm³/mol. The molecule has 0 fully saturated rings. The van der Waals surface area contributed by atoms with Crippen molar-refractivity contribution in [3.8, 4) is 11.3 Å². The number of fused-ring (bicyclic) bond motifs is 1. The van der Waals surface area contributed by atoms with Crippen molar-refractivity contribution in [2.24, 2.45) is 0 Å². The number of hydrogen-bond acceptors (Lipinski definition) is 6. The maximum atomic E-state index is 12.5. The molecule has 6 nitrogen and oxygen atoms in total. The van der Waals surface area contributed by atoms with E-state index >= 15 is 0 Å². The molecule has 0 aliphatic carbocycles. The van der Waals surface area contributed by atoms with Gasteiger partial charge < -0.3 is 5.32 Å². The molecule has 8 heteroatoms. The van der Waals surface area contributed by atoms with E-state index in [1.165, 1.54) is 23.1 Å². The lowest BCUT2D eigenvalue weighted by Crippen LogP contribution is -2.22. The number of rotatable bonds is 5. The highest BCUT2D eigenvalue weighted by atomic mass is 32.2. The van der Waals surface area contributed by atoms with Crippen molar-refractivity contribution in [2.75, 3.05) is 5.32 Å². The molecule has 1 aromatic carbocycles. The van der Waals surface area contributed by atoms with E-state index in [4.69, 9.17) is 0 Å². The number of pyridine rings is 1. The number of nitrogens with one attached hydrogen (secondary N) is 1.